The maximum absolute atomic E-state index is 12.3. The van der Waals surface area contributed by atoms with Gasteiger partial charge < -0.3 is 9.88 Å². The van der Waals surface area contributed by atoms with Crippen LogP contribution >= 0.6 is 46.6 Å². The highest BCUT2D eigenvalue weighted by molar-refractivity contribution is 7.99. The van der Waals surface area contributed by atoms with E-state index in [0.29, 0.717) is 32.5 Å². The number of rotatable bonds is 6. The second-order valence-corrected chi connectivity index (χ2v) is 7.85. The molecule has 1 N–H and O–H groups in total. The van der Waals surface area contributed by atoms with Gasteiger partial charge in [0, 0.05) is 0 Å². The van der Waals surface area contributed by atoms with E-state index in [2.05, 4.69) is 15.5 Å². The summed E-state index contributed by atoms with van der Waals surface area (Å²) in [6.45, 7) is 2.53. The smallest absolute Gasteiger partial charge is 0.234 e. The maximum Gasteiger partial charge on any atom is 0.234 e. The largest absolute Gasteiger partial charge is 0.324 e. The number of nitrogens with one attached hydrogen (secondary N) is 1. The quantitative estimate of drug-likeness (QED) is 0.415. The Labute approximate surface area is 176 Å². The van der Waals surface area contributed by atoms with Gasteiger partial charge in [-0.2, -0.15) is 0 Å². The fourth-order valence-electron chi connectivity index (χ4n) is 2.35. The van der Waals surface area contributed by atoms with Gasteiger partial charge in [-0.3, -0.25) is 4.79 Å². The molecule has 0 aliphatic rings. The second kappa shape index (κ2) is 8.97. The molecule has 9 heteroatoms. The maximum atomic E-state index is 12.3. The molecule has 1 aromatic heterocycles. The van der Waals surface area contributed by atoms with Crippen LogP contribution in [0, 0.1) is 6.92 Å². The van der Waals surface area contributed by atoms with E-state index in [-0.39, 0.29) is 11.7 Å². The summed E-state index contributed by atoms with van der Waals surface area (Å²) >= 11 is 19.3. The summed E-state index contributed by atoms with van der Waals surface area (Å²) in [6, 6.07) is 13.0. The van der Waals surface area contributed by atoms with Crippen LogP contribution in [0.5, 0.6) is 0 Å². The van der Waals surface area contributed by atoms with Crippen molar-refractivity contribution in [2.75, 3.05) is 11.1 Å². The molecule has 0 atom stereocenters. The van der Waals surface area contributed by atoms with Crippen molar-refractivity contribution < 1.29 is 4.79 Å². The number of nitrogens with zero attached hydrogens (tertiary/aromatic N) is 3. The van der Waals surface area contributed by atoms with Crippen molar-refractivity contribution in [1.82, 2.24) is 14.8 Å². The molecule has 0 aliphatic heterocycles. The van der Waals surface area contributed by atoms with E-state index in [1.165, 1.54) is 23.9 Å². The lowest BCUT2D eigenvalue weighted by molar-refractivity contribution is -0.113. The minimum atomic E-state index is -0.229. The third-order valence-corrected chi connectivity index (χ3v) is 5.70. The monoisotopic (exact) mass is 440 g/mol. The van der Waals surface area contributed by atoms with E-state index in [0.717, 1.165) is 11.4 Å². The van der Waals surface area contributed by atoms with Crippen molar-refractivity contribution in [1.29, 1.82) is 0 Å². The van der Waals surface area contributed by atoms with Gasteiger partial charge in [0.1, 0.15) is 5.82 Å². The van der Waals surface area contributed by atoms with Gasteiger partial charge in [-0.25, -0.2) is 0 Å². The molecule has 0 bridgehead atoms. The number of carbonyl (C=O) groups excluding carboxylic acids is 1. The minimum absolute atomic E-state index is 0.156. The Morgan fingerprint density at radius 3 is 2.52 bits per heavy atom. The van der Waals surface area contributed by atoms with E-state index in [1.807, 2.05) is 41.8 Å². The number of carbonyl (C=O) groups is 1. The van der Waals surface area contributed by atoms with Gasteiger partial charge in [0.05, 0.1) is 33.1 Å². The average molecular weight is 442 g/mol. The third-order valence-electron chi connectivity index (χ3n) is 3.70. The van der Waals surface area contributed by atoms with Crippen LogP contribution in [0.15, 0.2) is 47.6 Å². The van der Waals surface area contributed by atoms with Crippen molar-refractivity contribution in [2.24, 2.45) is 0 Å². The summed E-state index contributed by atoms with van der Waals surface area (Å²) in [5.74, 6) is 0.713. The molecule has 0 saturated carbocycles. The van der Waals surface area contributed by atoms with E-state index < -0.39 is 0 Å². The Hall–Kier alpha value is -1.73. The lowest BCUT2D eigenvalue weighted by Gasteiger charge is -2.10. The van der Waals surface area contributed by atoms with E-state index in [4.69, 9.17) is 34.8 Å². The Bertz CT molecular complexity index is 963. The summed E-state index contributed by atoms with van der Waals surface area (Å²) < 4.78 is 1.97. The number of hydrogen-bond donors (Lipinski definition) is 1. The van der Waals surface area contributed by atoms with Gasteiger partial charge in [-0.15, -0.1) is 10.2 Å². The van der Waals surface area contributed by atoms with Crippen LogP contribution in [0.3, 0.4) is 0 Å². The molecule has 27 heavy (non-hydrogen) atoms. The van der Waals surface area contributed by atoms with Crippen molar-refractivity contribution in [3.63, 3.8) is 0 Å². The highest BCUT2D eigenvalue weighted by Crippen LogP contribution is 2.32. The molecule has 0 saturated heterocycles. The van der Waals surface area contributed by atoms with Gasteiger partial charge in [0.15, 0.2) is 5.16 Å². The summed E-state index contributed by atoms with van der Waals surface area (Å²) in [4.78, 5) is 12.3. The zero-order chi connectivity index (χ0) is 19.4. The fraction of sp³-hybridized carbons (Fsp3) is 0.167. The Kier molecular flexibility index (Phi) is 6.65. The molecule has 5 nitrogen and oxygen atoms in total. The molecule has 0 spiro atoms. The number of amides is 1. The molecule has 0 radical (unpaired) electrons. The highest BCUT2D eigenvalue weighted by Gasteiger charge is 2.14. The second-order valence-electron chi connectivity index (χ2n) is 5.68. The number of halogens is 3. The average Bonchev–Trinajstić information content (AvgIpc) is 2.99. The number of benzene rings is 2. The van der Waals surface area contributed by atoms with Crippen LogP contribution in [0.25, 0.3) is 0 Å². The predicted molar refractivity (Wildman–Crippen MR) is 111 cm³/mol. The molecule has 3 aromatic rings. The number of aromatic nitrogens is 3. The number of hydrogen-bond acceptors (Lipinski definition) is 4. The van der Waals surface area contributed by atoms with E-state index in [1.54, 1.807) is 0 Å². The Morgan fingerprint density at radius 2 is 1.78 bits per heavy atom. The van der Waals surface area contributed by atoms with Crippen LogP contribution in [0.4, 0.5) is 5.69 Å². The minimum Gasteiger partial charge on any atom is -0.324 e. The molecule has 1 amide bonds. The van der Waals surface area contributed by atoms with Crippen molar-refractivity contribution in [2.45, 2.75) is 18.6 Å². The summed E-state index contributed by atoms with van der Waals surface area (Å²) in [5, 5.41) is 12.7. The van der Waals surface area contributed by atoms with Crippen LogP contribution in [-0.2, 0) is 11.3 Å². The standard InChI is InChI=1S/C18H15Cl3N4OS/c1-11-23-24-18(25(11)9-12-5-3-2-4-6-12)27-10-17(26)22-16-8-14(20)13(19)7-15(16)21/h2-8H,9-10H2,1H3,(H,22,26). The van der Waals surface area contributed by atoms with E-state index >= 15 is 0 Å². The molecular weight excluding hydrogens is 427 g/mol. The van der Waals surface area contributed by atoms with Gasteiger partial charge in [-0.05, 0) is 24.6 Å². The number of thioether (sulfide) groups is 1. The van der Waals surface area contributed by atoms with Crippen molar-refractivity contribution in [3.8, 4) is 0 Å². The molecule has 3 rings (SSSR count). The molecule has 0 unspecified atom stereocenters. The lowest BCUT2D eigenvalue weighted by Crippen LogP contribution is -2.15. The van der Waals surface area contributed by atoms with Crippen molar-refractivity contribution >= 4 is 58.2 Å². The molecule has 0 fully saturated rings. The summed E-state index contributed by atoms with van der Waals surface area (Å²) in [5.41, 5.74) is 1.55. The molecule has 2 aromatic carbocycles. The first-order valence-electron chi connectivity index (χ1n) is 7.95. The fourth-order valence-corrected chi connectivity index (χ4v) is 3.73. The first kappa shape index (κ1) is 20.0. The van der Waals surface area contributed by atoms with Crippen molar-refractivity contribution in [3.05, 3.63) is 68.9 Å². The molecule has 1 heterocycles. The first-order valence-corrected chi connectivity index (χ1v) is 10.1. The number of aryl methyl sites for hydroxylation is 1. The Balaban J connectivity index is 1.65. The third kappa shape index (κ3) is 5.17. The van der Waals surface area contributed by atoms with Crippen LogP contribution < -0.4 is 5.32 Å². The Morgan fingerprint density at radius 1 is 1.07 bits per heavy atom. The first-order chi connectivity index (χ1) is 12.9. The zero-order valence-corrected chi connectivity index (χ0v) is 17.3. The topological polar surface area (TPSA) is 59.8 Å². The SMILES string of the molecule is Cc1nnc(SCC(=O)Nc2cc(Cl)c(Cl)cc2Cl)n1Cc1ccccc1. The highest BCUT2D eigenvalue weighted by atomic mass is 35.5. The summed E-state index contributed by atoms with van der Waals surface area (Å²) in [7, 11) is 0. The van der Waals surface area contributed by atoms with Gasteiger partial charge in [-0.1, -0.05) is 76.9 Å². The van der Waals surface area contributed by atoms with Crippen LogP contribution in [-0.4, -0.2) is 26.4 Å². The van der Waals surface area contributed by atoms with Gasteiger partial charge in [0.2, 0.25) is 5.91 Å². The van der Waals surface area contributed by atoms with Crippen LogP contribution in [0.1, 0.15) is 11.4 Å². The molecule has 140 valence electrons. The number of anilines is 1. The van der Waals surface area contributed by atoms with E-state index in [9.17, 15) is 4.79 Å². The summed E-state index contributed by atoms with van der Waals surface area (Å²) in [6.07, 6.45) is 0. The van der Waals surface area contributed by atoms with Gasteiger partial charge in [0.25, 0.3) is 0 Å². The molecular formula is C18H15Cl3N4OS. The zero-order valence-electron chi connectivity index (χ0n) is 14.2. The lowest BCUT2D eigenvalue weighted by atomic mass is 10.2. The van der Waals surface area contributed by atoms with Gasteiger partial charge >= 0.3 is 0 Å². The predicted octanol–water partition coefficient (Wildman–Crippen LogP) is 5.33. The molecule has 0 aliphatic carbocycles. The normalized spacial score (nSPS) is 10.8. The van der Waals surface area contributed by atoms with Crippen LogP contribution in [0.2, 0.25) is 15.1 Å².